The average molecular weight is 218 g/mol. The molecule has 0 radical (unpaired) electrons. The normalized spacial score (nSPS) is 16.9. The Balaban J connectivity index is 3.86. The fourth-order valence-electron chi connectivity index (χ4n) is 1.00. The Hall–Kier alpha value is -0.650. The van der Waals surface area contributed by atoms with Crippen LogP contribution in [-0.4, -0.2) is 42.9 Å². The topological polar surface area (TPSA) is 84.6 Å². The number of nitrogens with two attached hydrogens (primary N) is 1. The predicted molar refractivity (Wildman–Crippen MR) is 58.4 cm³/mol. The van der Waals surface area contributed by atoms with E-state index in [2.05, 4.69) is 5.32 Å². The van der Waals surface area contributed by atoms with E-state index in [0.717, 1.165) is 0 Å². The maximum atomic E-state index is 11.3. The summed E-state index contributed by atoms with van der Waals surface area (Å²) < 4.78 is 4.86. The number of rotatable bonds is 7. The second-order valence-electron chi connectivity index (χ2n) is 3.97. The highest BCUT2D eigenvalue weighted by Gasteiger charge is 2.22. The Bertz CT molecular complexity index is 195. The molecule has 0 saturated heterocycles. The maximum Gasteiger partial charge on any atom is 0.237 e. The summed E-state index contributed by atoms with van der Waals surface area (Å²) in [5, 5.41) is 12.4. The Morgan fingerprint density at radius 2 is 2.27 bits per heavy atom. The number of hydrogen-bond donors (Lipinski definition) is 3. The largest absolute Gasteiger partial charge is 0.388 e. The monoisotopic (exact) mass is 218 g/mol. The Kier molecular flexibility index (Phi) is 6.47. The Morgan fingerprint density at radius 3 is 2.73 bits per heavy atom. The number of amides is 1. The van der Waals surface area contributed by atoms with Gasteiger partial charge in [-0.05, 0) is 13.3 Å². The number of methoxy groups -OCH3 is 1. The van der Waals surface area contributed by atoms with Gasteiger partial charge in [-0.1, -0.05) is 6.92 Å². The molecule has 1 unspecified atom stereocenters. The van der Waals surface area contributed by atoms with Gasteiger partial charge in [-0.25, -0.2) is 0 Å². The van der Waals surface area contributed by atoms with Crippen LogP contribution in [0.2, 0.25) is 0 Å². The van der Waals surface area contributed by atoms with Crippen LogP contribution in [0.5, 0.6) is 0 Å². The lowest BCUT2D eigenvalue weighted by Gasteiger charge is -2.24. The first kappa shape index (κ1) is 14.3. The van der Waals surface area contributed by atoms with Gasteiger partial charge >= 0.3 is 0 Å². The zero-order chi connectivity index (χ0) is 11.9. The van der Waals surface area contributed by atoms with E-state index in [-0.39, 0.29) is 12.5 Å². The van der Waals surface area contributed by atoms with Crippen LogP contribution in [0.25, 0.3) is 0 Å². The molecule has 1 amide bonds. The third-order valence-corrected chi connectivity index (χ3v) is 2.26. The summed E-state index contributed by atoms with van der Waals surface area (Å²) in [4.78, 5) is 11.3. The number of carbonyl (C=O) groups excluding carboxylic acids is 1. The molecule has 0 aromatic rings. The third kappa shape index (κ3) is 6.43. The molecule has 5 nitrogen and oxygen atoms in total. The summed E-state index contributed by atoms with van der Waals surface area (Å²) in [6.45, 7) is 4.16. The van der Waals surface area contributed by atoms with Gasteiger partial charge in [0.25, 0.3) is 0 Å². The minimum atomic E-state index is -0.945. The molecule has 0 aliphatic heterocycles. The van der Waals surface area contributed by atoms with E-state index in [1.54, 1.807) is 14.0 Å². The summed E-state index contributed by atoms with van der Waals surface area (Å²) in [5.41, 5.74) is 4.58. The van der Waals surface area contributed by atoms with E-state index in [4.69, 9.17) is 10.5 Å². The second kappa shape index (κ2) is 6.76. The molecule has 2 atom stereocenters. The SMILES string of the molecule is CC[C@H](N)C(=O)NCC(C)(O)CCOC. The van der Waals surface area contributed by atoms with Crippen LogP contribution in [0.3, 0.4) is 0 Å². The summed E-state index contributed by atoms with van der Waals surface area (Å²) in [7, 11) is 1.57. The molecule has 0 bridgehead atoms. The minimum Gasteiger partial charge on any atom is -0.388 e. The van der Waals surface area contributed by atoms with Crippen molar-refractivity contribution in [3.63, 3.8) is 0 Å². The molecule has 0 fully saturated rings. The summed E-state index contributed by atoms with van der Waals surface area (Å²) >= 11 is 0. The van der Waals surface area contributed by atoms with Gasteiger partial charge in [-0.2, -0.15) is 0 Å². The van der Waals surface area contributed by atoms with Gasteiger partial charge in [0.2, 0.25) is 5.91 Å². The zero-order valence-electron chi connectivity index (χ0n) is 9.75. The molecular weight excluding hydrogens is 196 g/mol. The van der Waals surface area contributed by atoms with E-state index in [1.165, 1.54) is 0 Å². The van der Waals surface area contributed by atoms with Crippen LogP contribution < -0.4 is 11.1 Å². The van der Waals surface area contributed by atoms with Crippen molar-refractivity contribution in [2.75, 3.05) is 20.3 Å². The molecular formula is C10H22N2O3. The van der Waals surface area contributed by atoms with Crippen LogP contribution >= 0.6 is 0 Å². The van der Waals surface area contributed by atoms with Gasteiger partial charge in [0, 0.05) is 26.7 Å². The molecule has 90 valence electrons. The average Bonchev–Trinajstić information content (AvgIpc) is 2.22. The van der Waals surface area contributed by atoms with Gasteiger partial charge in [0.15, 0.2) is 0 Å². The van der Waals surface area contributed by atoms with E-state index in [9.17, 15) is 9.90 Å². The highest BCUT2D eigenvalue weighted by Crippen LogP contribution is 2.07. The minimum absolute atomic E-state index is 0.197. The number of hydrogen-bond acceptors (Lipinski definition) is 4. The summed E-state index contributed by atoms with van der Waals surface area (Å²) in [5.74, 6) is -0.227. The van der Waals surface area contributed by atoms with Crippen LogP contribution in [0, 0.1) is 0 Å². The first-order valence-corrected chi connectivity index (χ1v) is 5.17. The molecule has 15 heavy (non-hydrogen) atoms. The van der Waals surface area contributed by atoms with Crippen LogP contribution in [0.1, 0.15) is 26.7 Å². The molecule has 4 N–H and O–H groups in total. The molecule has 0 aromatic carbocycles. The Morgan fingerprint density at radius 1 is 1.67 bits per heavy atom. The highest BCUT2D eigenvalue weighted by atomic mass is 16.5. The first-order valence-electron chi connectivity index (χ1n) is 5.17. The van der Waals surface area contributed by atoms with Gasteiger partial charge < -0.3 is 20.9 Å². The summed E-state index contributed by atoms with van der Waals surface area (Å²) in [6.07, 6.45) is 1.07. The van der Waals surface area contributed by atoms with E-state index in [0.29, 0.717) is 19.4 Å². The van der Waals surface area contributed by atoms with Gasteiger partial charge in [-0.3, -0.25) is 4.79 Å². The van der Waals surface area contributed by atoms with Crippen LogP contribution in [0.4, 0.5) is 0 Å². The number of ether oxygens (including phenoxy) is 1. The van der Waals surface area contributed by atoms with E-state index in [1.807, 2.05) is 6.92 Å². The lowest BCUT2D eigenvalue weighted by molar-refractivity contribution is -0.123. The fraction of sp³-hybridized carbons (Fsp3) is 0.900. The van der Waals surface area contributed by atoms with E-state index < -0.39 is 11.6 Å². The quantitative estimate of drug-likeness (QED) is 0.544. The molecule has 5 heteroatoms. The first-order chi connectivity index (χ1) is 6.93. The van der Waals surface area contributed by atoms with Gasteiger partial charge in [0.1, 0.15) is 0 Å². The van der Waals surface area contributed by atoms with Gasteiger partial charge in [0.05, 0.1) is 11.6 Å². The lowest BCUT2D eigenvalue weighted by atomic mass is 10.0. The number of carbonyl (C=O) groups is 1. The second-order valence-corrected chi connectivity index (χ2v) is 3.97. The van der Waals surface area contributed by atoms with Crippen molar-refractivity contribution in [2.45, 2.75) is 38.3 Å². The predicted octanol–water partition coefficient (Wildman–Crippen LogP) is -0.373. The fourth-order valence-corrected chi connectivity index (χ4v) is 1.00. The van der Waals surface area contributed by atoms with Crippen molar-refractivity contribution in [1.82, 2.24) is 5.32 Å². The molecule has 0 saturated carbocycles. The molecule has 0 rings (SSSR count). The van der Waals surface area contributed by atoms with Crippen molar-refractivity contribution in [3.8, 4) is 0 Å². The van der Waals surface area contributed by atoms with Crippen LogP contribution in [0.15, 0.2) is 0 Å². The van der Waals surface area contributed by atoms with Crippen LogP contribution in [-0.2, 0) is 9.53 Å². The van der Waals surface area contributed by atoms with Crippen molar-refractivity contribution < 1.29 is 14.6 Å². The van der Waals surface area contributed by atoms with Crippen molar-refractivity contribution in [2.24, 2.45) is 5.73 Å². The van der Waals surface area contributed by atoms with Gasteiger partial charge in [-0.15, -0.1) is 0 Å². The standard InChI is InChI=1S/C10H22N2O3/c1-4-8(11)9(13)12-7-10(2,14)5-6-15-3/h8,14H,4-7,11H2,1-3H3,(H,12,13)/t8-,10?/m0/s1. The van der Waals surface area contributed by atoms with Crippen molar-refractivity contribution in [1.29, 1.82) is 0 Å². The molecule has 0 heterocycles. The number of nitrogens with one attached hydrogen (secondary N) is 1. The molecule has 0 spiro atoms. The lowest BCUT2D eigenvalue weighted by Crippen LogP contribution is -2.47. The molecule has 0 aliphatic carbocycles. The Labute approximate surface area is 91.0 Å². The molecule has 0 aliphatic rings. The summed E-state index contributed by atoms with van der Waals surface area (Å²) in [6, 6.07) is -0.497. The molecule has 0 aromatic heterocycles. The highest BCUT2D eigenvalue weighted by molar-refractivity contribution is 5.81. The van der Waals surface area contributed by atoms with E-state index >= 15 is 0 Å². The smallest absolute Gasteiger partial charge is 0.237 e. The van der Waals surface area contributed by atoms with Crippen molar-refractivity contribution >= 4 is 5.91 Å². The van der Waals surface area contributed by atoms with Crippen molar-refractivity contribution in [3.05, 3.63) is 0 Å². The zero-order valence-corrected chi connectivity index (χ0v) is 9.75. The number of aliphatic hydroxyl groups is 1. The maximum absolute atomic E-state index is 11.3. The third-order valence-electron chi connectivity index (χ3n) is 2.26.